The van der Waals surface area contributed by atoms with Crippen LogP contribution in [0.25, 0.3) is 0 Å². The van der Waals surface area contributed by atoms with Crippen LogP contribution in [0.3, 0.4) is 0 Å². The molecule has 0 spiro atoms. The second-order valence-corrected chi connectivity index (χ2v) is 5.69. The monoisotopic (exact) mass is 488 g/mol. The van der Waals surface area contributed by atoms with Crippen LogP contribution in [0.4, 0.5) is 0 Å². The minimum absolute atomic E-state index is 0. The second-order valence-electron chi connectivity index (χ2n) is 5.69. The molecule has 2 aliphatic carbocycles. The van der Waals surface area contributed by atoms with Gasteiger partial charge in [0.25, 0.3) is 0 Å². The summed E-state index contributed by atoms with van der Waals surface area (Å²) in [5, 5.41) is 0. The predicted molar refractivity (Wildman–Crippen MR) is 78.6 cm³/mol. The van der Waals surface area contributed by atoms with Gasteiger partial charge in [0.1, 0.15) is 0 Å². The van der Waals surface area contributed by atoms with Crippen LogP contribution in [0.15, 0.2) is 35.9 Å². The number of rotatable bonds is 2. The molecule has 0 unspecified atom stereocenters. The third kappa shape index (κ3) is 8.77. The van der Waals surface area contributed by atoms with E-state index in [2.05, 4.69) is 50.3 Å². The molecule has 21 heavy (non-hydrogen) atoms. The molecule has 0 amide bonds. The summed E-state index contributed by atoms with van der Waals surface area (Å²) in [6, 6.07) is 6.69. The molecule has 0 saturated heterocycles. The molecule has 0 radical (unpaired) electrons. The number of halogens is 2. The molecule has 1 aromatic carbocycles. The fraction of sp³-hybridized carbons (Fsp3) is 0.500. The molecule has 0 aliphatic heterocycles. The molecule has 1 aromatic rings. The van der Waals surface area contributed by atoms with Gasteiger partial charge in [-0.2, -0.15) is 29.3 Å². The van der Waals surface area contributed by atoms with Crippen molar-refractivity contribution in [2.24, 2.45) is 5.92 Å². The van der Waals surface area contributed by atoms with Crippen molar-refractivity contribution < 1.29 is 60.2 Å². The number of aryl methyl sites for hydroxylation is 2. The van der Waals surface area contributed by atoms with Crippen LogP contribution in [0.2, 0.25) is 0 Å². The fourth-order valence-electron chi connectivity index (χ4n) is 2.64. The SMILES string of the molecule is CC(C)CC1=[C-]CC=C1.[Br-].[Br-].[Zr+4].c1cc2c([cH-]1)CCCC2. The van der Waals surface area contributed by atoms with Gasteiger partial charge in [-0.1, -0.05) is 46.0 Å². The molecule has 0 heterocycles. The normalized spacial score (nSPS) is 14.7. The van der Waals surface area contributed by atoms with E-state index in [1.165, 1.54) is 37.7 Å². The van der Waals surface area contributed by atoms with Crippen LogP contribution in [0.5, 0.6) is 0 Å². The Morgan fingerprint density at radius 2 is 1.90 bits per heavy atom. The van der Waals surface area contributed by atoms with Crippen LogP contribution in [-0.4, -0.2) is 0 Å². The van der Waals surface area contributed by atoms with Gasteiger partial charge in [0.05, 0.1) is 0 Å². The molecule has 0 aromatic heterocycles. The molecule has 3 heteroatoms. The standard InChI is InChI=1S/C9H11.C9H13.2BrH.Zr/c1-2-5-9-7-3-6-8(9)4-1;1-8(2)7-9-5-3-4-6-9;;;/h3,6-7H,1-2,4-5H2;3,5,8H,4,7H2,1-2H3;2*1H;/q2*-1;;;+4/p-2. The maximum Gasteiger partial charge on any atom is 4.00 e. The molecular formula is C18H24Br2Zr. The van der Waals surface area contributed by atoms with Gasteiger partial charge in [0.15, 0.2) is 0 Å². The Balaban J connectivity index is 0. The Morgan fingerprint density at radius 3 is 2.48 bits per heavy atom. The van der Waals surface area contributed by atoms with Gasteiger partial charge in [-0.25, -0.2) is 17.7 Å². The van der Waals surface area contributed by atoms with Crippen LogP contribution in [0.1, 0.15) is 50.7 Å². The van der Waals surface area contributed by atoms with E-state index in [1.54, 1.807) is 11.1 Å². The van der Waals surface area contributed by atoms with E-state index in [0.29, 0.717) is 0 Å². The summed E-state index contributed by atoms with van der Waals surface area (Å²) in [5.74, 6) is 0.773. The van der Waals surface area contributed by atoms with Crippen molar-refractivity contribution in [2.75, 3.05) is 0 Å². The van der Waals surface area contributed by atoms with Crippen LogP contribution < -0.4 is 34.0 Å². The maximum atomic E-state index is 3.29. The molecule has 3 rings (SSSR count). The Labute approximate surface area is 170 Å². The third-order valence-electron chi connectivity index (χ3n) is 3.54. The Bertz CT molecular complexity index is 410. The first-order valence-corrected chi connectivity index (χ1v) is 7.25. The van der Waals surface area contributed by atoms with Crippen molar-refractivity contribution in [1.29, 1.82) is 0 Å². The number of allylic oxidation sites excluding steroid dienone is 4. The zero-order valence-corrected chi connectivity index (χ0v) is 18.6. The van der Waals surface area contributed by atoms with Crippen LogP contribution >= 0.6 is 0 Å². The number of hydrogen-bond donors (Lipinski definition) is 0. The van der Waals surface area contributed by atoms with Crippen LogP contribution in [-0.2, 0) is 39.0 Å². The number of fused-ring (bicyclic) bond motifs is 1. The molecule has 0 N–H and O–H groups in total. The second kappa shape index (κ2) is 13.1. The van der Waals surface area contributed by atoms with E-state index < -0.39 is 0 Å². The van der Waals surface area contributed by atoms with E-state index in [-0.39, 0.29) is 60.2 Å². The van der Waals surface area contributed by atoms with E-state index in [1.807, 2.05) is 0 Å². The summed E-state index contributed by atoms with van der Waals surface area (Å²) in [5.41, 5.74) is 4.59. The first-order chi connectivity index (χ1) is 8.75. The van der Waals surface area contributed by atoms with Crippen LogP contribution in [0, 0.1) is 12.0 Å². The van der Waals surface area contributed by atoms with Crippen molar-refractivity contribution in [2.45, 2.75) is 52.4 Å². The average molecular weight is 491 g/mol. The minimum atomic E-state index is 0. The van der Waals surface area contributed by atoms with Gasteiger partial charge in [-0.05, 0) is 5.92 Å². The first-order valence-electron chi connectivity index (χ1n) is 7.25. The van der Waals surface area contributed by atoms with Crippen molar-refractivity contribution in [1.82, 2.24) is 0 Å². The van der Waals surface area contributed by atoms with E-state index in [0.717, 1.165) is 12.3 Å². The summed E-state index contributed by atoms with van der Waals surface area (Å²) in [6.07, 6.45) is 15.3. The van der Waals surface area contributed by atoms with Gasteiger partial charge in [-0.3, -0.25) is 6.08 Å². The Kier molecular flexibility index (Phi) is 15.0. The van der Waals surface area contributed by atoms with E-state index >= 15 is 0 Å². The minimum Gasteiger partial charge on any atom is -1.00 e. The fourth-order valence-corrected chi connectivity index (χ4v) is 2.64. The average Bonchev–Trinajstić information content (AvgIpc) is 2.98. The Morgan fingerprint density at radius 1 is 1.19 bits per heavy atom. The predicted octanol–water partition coefficient (Wildman–Crippen LogP) is -0.988. The van der Waals surface area contributed by atoms with Gasteiger partial charge in [0, 0.05) is 0 Å². The third-order valence-corrected chi connectivity index (χ3v) is 3.54. The van der Waals surface area contributed by atoms with Crippen molar-refractivity contribution in [3.05, 3.63) is 53.1 Å². The Hall–Kier alpha value is 0.673. The molecule has 0 bridgehead atoms. The van der Waals surface area contributed by atoms with E-state index in [9.17, 15) is 0 Å². The van der Waals surface area contributed by atoms with Gasteiger partial charge >= 0.3 is 26.2 Å². The molecule has 0 nitrogen and oxygen atoms in total. The molecule has 114 valence electrons. The van der Waals surface area contributed by atoms with Crippen molar-refractivity contribution >= 4 is 0 Å². The van der Waals surface area contributed by atoms with Crippen molar-refractivity contribution in [3.8, 4) is 0 Å². The topological polar surface area (TPSA) is 0 Å². The maximum absolute atomic E-state index is 3.29. The molecule has 0 fully saturated rings. The smallest absolute Gasteiger partial charge is 1.00 e. The van der Waals surface area contributed by atoms with Gasteiger partial charge in [0.2, 0.25) is 0 Å². The summed E-state index contributed by atoms with van der Waals surface area (Å²) < 4.78 is 0. The zero-order valence-electron chi connectivity index (χ0n) is 13.0. The molecule has 2 aliphatic rings. The largest absolute Gasteiger partial charge is 4.00 e. The quantitative estimate of drug-likeness (QED) is 0.467. The summed E-state index contributed by atoms with van der Waals surface area (Å²) >= 11 is 0. The zero-order chi connectivity index (χ0) is 12.8. The van der Waals surface area contributed by atoms with Gasteiger partial charge in [-0.15, -0.1) is 6.42 Å². The van der Waals surface area contributed by atoms with E-state index in [4.69, 9.17) is 0 Å². The van der Waals surface area contributed by atoms with Gasteiger partial charge < -0.3 is 34.0 Å². The summed E-state index contributed by atoms with van der Waals surface area (Å²) in [6.45, 7) is 4.47. The van der Waals surface area contributed by atoms with Crippen molar-refractivity contribution in [3.63, 3.8) is 0 Å². The molecule has 0 atom stereocenters. The summed E-state index contributed by atoms with van der Waals surface area (Å²) in [7, 11) is 0. The molecular weight excluding hydrogens is 467 g/mol. The number of hydrogen-bond acceptors (Lipinski definition) is 0. The summed E-state index contributed by atoms with van der Waals surface area (Å²) in [4.78, 5) is 0. The molecule has 0 saturated carbocycles. The first kappa shape index (κ1) is 23.9.